The van der Waals surface area contributed by atoms with Crippen LogP contribution in [0.3, 0.4) is 0 Å². The monoisotopic (exact) mass is 293 g/mol. The first-order chi connectivity index (χ1) is 10.7. The average molecular weight is 293 g/mol. The van der Waals surface area contributed by atoms with E-state index in [-0.39, 0.29) is 11.5 Å². The Balaban J connectivity index is 1.94. The average Bonchev–Trinajstić information content (AvgIpc) is 2.57. The third-order valence-electron chi connectivity index (χ3n) is 3.60. The number of aryl methyl sites for hydroxylation is 1. The third-order valence-corrected chi connectivity index (χ3v) is 3.60. The molecule has 5 nitrogen and oxygen atoms in total. The zero-order chi connectivity index (χ0) is 15.5. The molecular weight excluding hydrogens is 278 g/mol. The summed E-state index contributed by atoms with van der Waals surface area (Å²) in [6, 6.07) is 12.4. The summed E-state index contributed by atoms with van der Waals surface area (Å²) in [5.41, 5.74) is 1.89. The van der Waals surface area contributed by atoms with Gasteiger partial charge in [-0.3, -0.25) is 14.6 Å². The Morgan fingerprint density at radius 3 is 2.68 bits per heavy atom. The lowest BCUT2D eigenvalue weighted by Gasteiger charge is -2.10. The summed E-state index contributed by atoms with van der Waals surface area (Å²) < 4.78 is 1.54. The molecule has 3 rings (SSSR count). The molecule has 0 aliphatic rings. The fourth-order valence-electron chi connectivity index (χ4n) is 2.38. The van der Waals surface area contributed by atoms with Gasteiger partial charge in [-0.25, -0.2) is 0 Å². The summed E-state index contributed by atoms with van der Waals surface area (Å²) in [7, 11) is 1.70. The molecule has 1 aromatic carbocycles. The van der Waals surface area contributed by atoms with Crippen LogP contribution >= 0.6 is 0 Å². The number of hydrogen-bond acceptors (Lipinski definition) is 3. The molecule has 5 heteroatoms. The van der Waals surface area contributed by atoms with Gasteiger partial charge in [-0.15, -0.1) is 0 Å². The first-order valence-corrected chi connectivity index (χ1v) is 6.92. The van der Waals surface area contributed by atoms with Crippen molar-refractivity contribution in [1.29, 1.82) is 0 Å². The van der Waals surface area contributed by atoms with Crippen molar-refractivity contribution in [3.63, 3.8) is 0 Å². The summed E-state index contributed by atoms with van der Waals surface area (Å²) in [6.07, 6.45) is 3.35. The molecule has 22 heavy (non-hydrogen) atoms. The molecule has 0 unspecified atom stereocenters. The van der Waals surface area contributed by atoms with Gasteiger partial charge in [-0.1, -0.05) is 18.2 Å². The van der Waals surface area contributed by atoms with Crippen molar-refractivity contribution in [2.24, 2.45) is 7.05 Å². The van der Waals surface area contributed by atoms with Crippen LogP contribution in [0.1, 0.15) is 15.9 Å². The number of pyridine rings is 2. The lowest BCUT2D eigenvalue weighted by Crippen LogP contribution is -2.26. The van der Waals surface area contributed by atoms with Crippen LogP contribution in [0.5, 0.6) is 0 Å². The lowest BCUT2D eigenvalue weighted by molar-refractivity contribution is 0.0952. The number of rotatable bonds is 3. The second-order valence-electron chi connectivity index (χ2n) is 5.01. The molecule has 1 N–H and O–H groups in total. The van der Waals surface area contributed by atoms with E-state index in [1.54, 1.807) is 19.4 Å². The molecule has 0 saturated carbocycles. The molecule has 0 spiro atoms. The van der Waals surface area contributed by atoms with E-state index in [0.717, 1.165) is 16.5 Å². The van der Waals surface area contributed by atoms with Gasteiger partial charge in [0, 0.05) is 37.4 Å². The molecule has 0 atom stereocenters. The topological polar surface area (TPSA) is 64.0 Å². The van der Waals surface area contributed by atoms with E-state index >= 15 is 0 Å². The molecule has 0 saturated heterocycles. The molecule has 1 amide bonds. The predicted molar refractivity (Wildman–Crippen MR) is 84.6 cm³/mol. The van der Waals surface area contributed by atoms with Crippen molar-refractivity contribution in [3.8, 4) is 0 Å². The fourth-order valence-corrected chi connectivity index (χ4v) is 2.38. The van der Waals surface area contributed by atoms with Crippen molar-refractivity contribution in [2.45, 2.75) is 6.54 Å². The zero-order valence-corrected chi connectivity index (χ0v) is 12.1. The minimum Gasteiger partial charge on any atom is -0.348 e. The van der Waals surface area contributed by atoms with Crippen molar-refractivity contribution >= 4 is 16.8 Å². The number of hydrogen-bond donors (Lipinski definition) is 1. The van der Waals surface area contributed by atoms with Crippen LogP contribution in [0.25, 0.3) is 10.9 Å². The number of fused-ring (bicyclic) bond motifs is 1. The Morgan fingerprint density at radius 1 is 1.18 bits per heavy atom. The van der Waals surface area contributed by atoms with Crippen molar-refractivity contribution in [1.82, 2.24) is 14.9 Å². The Kier molecular flexibility index (Phi) is 3.70. The predicted octanol–water partition coefficient (Wildman–Crippen LogP) is 1.86. The van der Waals surface area contributed by atoms with Crippen LogP contribution in [-0.4, -0.2) is 15.5 Å². The number of amides is 1. The van der Waals surface area contributed by atoms with Gasteiger partial charge in [0.05, 0.1) is 11.1 Å². The molecule has 0 bridgehead atoms. The van der Waals surface area contributed by atoms with Gasteiger partial charge in [0.15, 0.2) is 0 Å². The van der Waals surface area contributed by atoms with E-state index in [4.69, 9.17) is 0 Å². The van der Waals surface area contributed by atoms with E-state index in [9.17, 15) is 9.59 Å². The number of aromatic nitrogens is 2. The quantitative estimate of drug-likeness (QED) is 0.801. The molecule has 110 valence electrons. The second-order valence-corrected chi connectivity index (χ2v) is 5.01. The van der Waals surface area contributed by atoms with Crippen LogP contribution in [0.2, 0.25) is 0 Å². The van der Waals surface area contributed by atoms with Gasteiger partial charge >= 0.3 is 0 Å². The minimum absolute atomic E-state index is 0.201. The van der Waals surface area contributed by atoms with Gasteiger partial charge in [0.1, 0.15) is 0 Å². The summed E-state index contributed by atoms with van der Waals surface area (Å²) in [4.78, 5) is 28.4. The van der Waals surface area contributed by atoms with E-state index < -0.39 is 0 Å². The summed E-state index contributed by atoms with van der Waals surface area (Å²) in [5, 5.41) is 3.60. The summed E-state index contributed by atoms with van der Waals surface area (Å²) >= 11 is 0. The molecule has 0 radical (unpaired) electrons. The number of nitrogens with one attached hydrogen (secondary N) is 1. The van der Waals surface area contributed by atoms with E-state index in [0.29, 0.717) is 12.1 Å². The SMILES string of the molecule is Cn1c(=O)cc(C(=O)NCc2ccncc2)c2ccccc21. The smallest absolute Gasteiger partial charge is 0.252 e. The van der Waals surface area contributed by atoms with Gasteiger partial charge in [-0.05, 0) is 23.8 Å². The van der Waals surface area contributed by atoms with Gasteiger partial charge in [0.2, 0.25) is 0 Å². The highest BCUT2D eigenvalue weighted by molar-refractivity contribution is 6.06. The fraction of sp³-hybridized carbons (Fsp3) is 0.118. The largest absolute Gasteiger partial charge is 0.348 e. The first kappa shape index (κ1) is 14.0. The maximum atomic E-state index is 12.4. The molecule has 3 aromatic rings. The molecule has 0 fully saturated rings. The third kappa shape index (κ3) is 2.61. The Bertz CT molecular complexity index is 885. The Labute approximate surface area is 127 Å². The van der Waals surface area contributed by atoms with Crippen LogP contribution < -0.4 is 10.9 Å². The van der Waals surface area contributed by atoms with Crippen molar-refractivity contribution < 1.29 is 4.79 Å². The van der Waals surface area contributed by atoms with E-state index in [2.05, 4.69) is 10.3 Å². The summed E-state index contributed by atoms with van der Waals surface area (Å²) in [6.45, 7) is 0.394. The first-order valence-electron chi connectivity index (χ1n) is 6.92. The normalized spacial score (nSPS) is 10.6. The van der Waals surface area contributed by atoms with Crippen LogP contribution in [-0.2, 0) is 13.6 Å². The number of benzene rings is 1. The Hall–Kier alpha value is -2.95. The van der Waals surface area contributed by atoms with Crippen LogP contribution in [0, 0.1) is 0 Å². The van der Waals surface area contributed by atoms with Gasteiger partial charge < -0.3 is 9.88 Å². The standard InChI is InChI=1S/C17H15N3O2/c1-20-15-5-3-2-4-13(15)14(10-16(20)21)17(22)19-11-12-6-8-18-9-7-12/h2-10H,11H2,1H3,(H,19,22). The number of nitrogens with zero attached hydrogens (tertiary/aromatic N) is 2. The van der Waals surface area contributed by atoms with Crippen LogP contribution in [0.4, 0.5) is 0 Å². The lowest BCUT2D eigenvalue weighted by atomic mass is 10.1. The Morgan fingerprint density at radius 2 is 1.91 bits per heavy atom. The van der Waals surface area contributed by atoms with E-state index in [1.807, 2.05) is 36.4 Å². The number of carbonyl (C=O) groups is 1. The second kappa shape index (κ2) is 5.81. The highest BCUT2D eigenvalue weighted by atomic mass is 16.2. The highest BCUT2D eigenvalue weighted by Gasteiger charge is 2.12. The minimum atomic E-state index is -0.259. The maximum Gasteiger partial charge on any atom is 0.252 e. The molecule has 2 heterocycles. The number of carbonyl (C=O) groups excluding carboxylic acids is 1. The molecule has 0 aliphatic carbocycles. The zero-order valence-electron chi connectivity index (χ0n) is 12.1. The van der Waals surface area contributed by atoms with Gasteiger partial charge in [0.25, 0.3) is 11.5 Å². The van der Waals surface area contributed by atoms with Crippen LogP contribution in [0.15, 0.2) is 59.7 Å². The van der Waals surface area contributed by atoms with Crippen molar-refractivity contribution in [3.05, 3.63) is 76.3 Å². The highest BCUT2D eigenvalue weighted by Crippen LogP contribution is 2.16. The molecule has 0 aliphatic heterocycles. The molecule has 2 aromatic heterocycles. The maximum absolute atomic E-state index is 12.4. The van der Waals surface area contributed by atoms with Gasteiger partial charge in [-0.2, -0.15) is 0 Å². The molecular formula is C17H15N3O2. The van der Waals surface area contributed by atoms with Crippen molar-refractivity contribution in [2.75, 3.05) is 0 Å². The number of para-hydroxylation sites is 1. The summed E-state index contributed by atoms with van der Waals surface area (Å²) in [5.74, 6) is -0.259. The van der Waals surface area contributed by atoms with E-state index in [1.165, 1.54) is 10.6 Å².